The lowest BCUT2D eigenvalue weighted by molar-refractivity contribution is 0.415. The third-order valence-corrected chi connectivity index (χ3v) is 6.79. The van der Waals surface area contributed by atoms with E-state index in [1.807, 2.05) is 30.3 Å². The Morgan fingerprint density at radius 3 is 1.67 bits per heavy atom. The molecule has 0 aliphatic rings. The predicted octanol–water partition coefficient (Wildman–Crippen LogP) is 6.34. The van der Waals surface area contributed by atoms with Crippen LogP contribution in [0.2, 0.25) is 0 Å². The van der Waals surface area contributed by atoms with Crippen LogP contribution < -0.4 is 25.6 Å². The zero-order chi connectivity index (χ0) is 25.8. The van der Waals surface area contributed by atoms with Gasteiger partial charge in [-0.1, -0.05) is 75.8 Å². The topological polar surface area (TPSA) is 30.5 Å². The van der Waals surface area contributed by atoms with Crippen LogP contribution in [0.1, 0.15) is 38.9 Å². The van der Waals surface area contributed by atoms with Crippen LogP contribution in [-0.4, -0.2) is 14.0 Å². The highest BCUT2D eigenvalue weighted by Crippen LogP contribution is 2.23. The third-order valence-electron chi connectivity index (χ3n) is 6.79. The van der Waals surface area contributed by atoms with E-state index in [0.29, 0.717) is 6.54 Å². The summed E-state index contributed by atoms with van der Waals surface area (Å²) in [6.45, 7) is 13.6. The summed E-state index contributed by atoms with van der Waals surface area (Å²) in [6, 6.07) is 25.4. The molecular weight excluding hydrogens is 441 g/mol. The summed E-state index contributed by atoms with van der Waals surface area (Å²) in [5, 5.41) is 3.53. The average Bonchev–Trinajstić information content (AvgIpc) is 2.82. The molecule has 0 aromatic heterocycles. The van der Waals surface area contributed by atoms with Crippen LogP contribution in [0, 0.1) is 41.5 Å². The second-order valence-corrected chi connectivity index (χ2v) is 9.81. The van der Waals surface area contributed by atoms with Gasteiger partial charge in [0.25, 0.3) is 0 Å². The number of ether oxygens (including phenoxy) is 1. The standard InChI is InChI=1S/C32H36BNO2/c1-21-16-23(3)31(24(4)17-21)33(32-25(5)18-22(2)19-26(32)6)36-30-11-9-8-10-27(30)20-34-28-12-14-29(35-7)15-13-28/h8-19,34H,20H2,1-7H3. The molecule has 0 amide bonds. The highest BCUT2D eigenvalue weighted by molar-refractivity contribution is 6.82. The maximum Gasteiger partial charge on any atom is 0.427 e. The normalized spacial score (nSPS) is 10.8. The lowest BCUT2D eigenvalue weighted by Gasteiger charge is -2.25. The minimum absolute atomic E-state index is 0.201. The van der Waals surface area contributed by atoms with Crippen molar-refractivity contribution in [3.05, 3.63) is 112 Å². The molecule has 4 heteroatoms. The van der Waals surface area contributed by atoms with E-state index < -0.39 is 0 Å². The fourth-order valence-electron chi connectivity index (χ4n) is 5.27. The number of para-hydroxylation sites is 1. The fraction of sp³-hybridized carbons (Fsp3) is 0.250. The summed E-state index contributed by atoms with van der Waals surface area (Å²) < 4.78 is 12.3. The Morgan fingerprint density at radius 2 is 1.17 bits per heavy atom. The molecule has 1 N–H and O–H groups in total. The van der Waals surface area contributed by atoms with Gasteiger partial charge in [0, 0.05) is 17.8 Å². The first kappa shape index (κ1) is 25.4. The van der Waals surface area contributed by atoms with Crippen LogP contribution in [0.3, 0.4) is 0 Å². The highest BCUT2D eigenvalue weighted by Gasteiger charge is 2.31. The maximum absolute atomic E-state index is 6.99. The van der Waals surface area contributed by atoms with E-state index in [1.165, 1.54) is 44.3 Å². The molecule has 0 atom stereocenters. The number of methoxy groups -OCH3 is 1. The molecule has 0 fully saturated rings. The van der Waals surface area contributed by atoms with Crippen molar-refractivity contribution in [3.8, 4) is 11.5 Å². The summed E-state index contributed by atoms with van der Waals surface area (Å²) >= 11 is 0. The van der Waals surface area contributed by atoms with Crippen LogP contribution in [0.4, 0.5) is 5.69 Å². The Kier molecular flexibility index (Phi) is 7.74. The van der Waals surface area contributed by atoms with Crippen molar-refractivity contribution in [2.45, 2.75) is 48.1 Å². The van der Waals surface area contributed by atoms with Crippen LogP contribution in [0.25, 0.3) is 0 Å². The van der Waals surface area contributed by atoms with Crippen molar-refractivity contribution in [1.29, 1.82) is 0 Å². The molecule has 4 aromatic carbocycles. The first-order valence-corrected chi connectivity index (χ1v) is 12.5. The predicted molar refractivity (Wildman–Crippen MR) is 154 cm³/mol. The molecule has 36 heavy (non-hydrogen) atoms. The van der Waals surface area contributed by atoms with Gasteiger partial charge in [0.2, 0.25) is 0 Å². The van der Waals surface area contributed by atoms with E-state index in [2.05, 4.69) is 89.3 Å². The zero-order valence-corrected chi connectivity index (χ0v) is 22.5. The van der Waals surface area contributed by atoms with E-state index >= 15 is 0 Å². The van der Waals surface area contributed by atoms with Crippen LogP contribution in [0.5, 0.6) is 11.5 Å². The third kappa shape index (κ3) is 5.59. The fourth-order valence-corrected chi connectivity index (χ4v) is 5.27. The summed E-state index contributed by atoms with van der Waals surface area (Å²) in [7, 11) is 1.68. The molecule has 4 rings (SSSR count). The van der Waals surface area contributed by atoms with Crippen molar-refractivity contribution in [2.75, 3.05) is 12.4 Å². The van der Waals surface area contributed by atoms with Crippen LogP contribution >= 0.6 is 0 Å². The van der Waals surface area contributed by atoms with Gasteiger partial charge in [-0.25, -0.2) is 0 Å². The van der Waals surface area contributed by atoms with E-state index in [4.69, 9.17) is 9.39 Å². The van der Waals surface area contributed by atoms with E-state index in [9.17, 15) is 0 Å². The molecule has 0 radical (unpaired) electrons. The van der Waals surface area contributed by atoms with Gasteiger partial charge in [0.05, 0.1) is 7.11 Å². The Bertz CT molecular complexity index is 1260. The SMILES string of the molecule is COc1ccc(NCc2ccccc2OB(c2c(C)cc(C)cc2C)c2c(C)cc(C)cc2C)cc1. The highest BCUT2D eigenvalue weighted by atomic mass is 16.5. The Labute approximate surface area is 216 Å². The maximum atomic E-state index is 6.99. The Hall–Kier alpha value is -3.66. The quantitative estimate of drug-likeness (QED) is 0.300. The molecule has 0 saturated carbocycles. The van der Waals surface area contributed by atoms with Crippen molar-refractivity contribution < 1.29 is 9.39 Å². The van der Waals surface area contributed by atoms with E-state index in [1.54, 1.807) is 7.11 Å². The lowest BCUT2D eigenvalue weighted by Crippen LogP contribution is -2.52. The molecule has 3 nitrogen and oxygen atoms in total. The molecule has 0 spiro atoms. The van der Waals surface area contributed by atoms with Crippen molar-refractivity contribution >= 4 is 23.5 Å². The number of nitrogens with one attached hydrogen (secondary N) is 1. The molecule has 0 aliphatic heterocycles. The van der Waals surface area contributed by atoms with Gasteiger partial charge in [-0.3, -0.25) is 0 Å². The van der Waals surface area contributed by atoms with Crippen molar-refractivity contribution in [3.63, 3.8) is 0 Å². The minimum atomic E-state index is -0.201. The van der Waals surface area contributed by atoms with Crippen molar-refractivity contribution in [1.82, 2.24) is 0 Å². The largest absolute Gasteiger partial charge is 0.551 e. The van der Waals surface area contributed by atoms with Gasteiger partial charge in [0.1, 0.15) is 11.5 Å². The lowest BCUT2D eigenvalue weighted by atomic mass is 9.50. The van der Waals surface area contributed by atoms with Gasteiger partial charge in [-0.05, 0) is 82.8 Å². The van der Waals surface area contributed by atoms with Gasteiger partial charge in [-0.2, -0.15) is 0 Å². The Balaban J connectivity index is 1.73. The molecule has 184 valence electrons. The number of benzene rings is 4. The second kappa shape index (κ2) is 10.9. The van der Waals surface area contributed by atoms with E-state index in [0.717, 1.165) is 22.7 Å². The zero-order valence-electron chi connectivity index (χ0n) is 22.5. The number of rotatable bonds is 8. The molecular formula is C32H36BNO2. The first-order valence-electron chi connectivity index (χ1n) is 12.5. The number of aryl methyl sites for hydroxylation is 6. The van der Waals surface area contributed by atoms with Crippen LogP contribution in [0.15, 0.2) is 72.8 Å². The van der Waals surface area contributed by atoms with Gasteiger partial charge in [-0.15, -0.1) is 0 Å². The first-order chi connectivity index (χ1) is 17.3. The summed E-state index contributed by atoms with van der Waals surface area (Å²) in [5.74, 6) is 1.74. The van der Waals surface area contributed by atoms with E-state index in [-0.39, 0.29) is 6.92 Å². The van der Waals surface area contributed by atoms with Gasteiger partial charge >= 0.3 is 6.92 Å². The summed E-state index contributed by atoms with van der Waals surface area (Å²) in [5.41, 5.74) is 12.2. The van der Waals surface area contributed by atoms with Crippen molar-refractivity contribution in [2.24, 2.45) is 0 Å². The average molecular weight is 477 g/mol. The number of anilines is 1. The summed E-state index contributed by atoms with van der Waals surface area (Å²) in [4.78, 5) is 0. The Morgan fingerprint density at radius 1 is 0.667 bits per heavy atom. The molecule has 0 bridgehead atoms. The molecule has 0 aliphatic carbocycles. The monoisotopic (exact) mass is 477 g/mol. The number of hydrogen-bond donors (Lipinski definition) is 1. The molecule has 0 unspecified atom stereocenters. The summed E-state index contributed by atoms with van der Waals surface area (Å²) in [6.07, 6.45) is 0. The molecule has 0 saturated heterocycles. The van der Waals surface area contributed by atoms with Gasteiger partial charge in [0.15, 0.2) is 0 Å². The minimum Gasteiger partial charge on any atom is -0.551 e. The van der Waals surface area contributed by atoms with Crippen LogP contribution in [-0.2, 0) is 6.54 Å². The molecule has 4 aromatic rings. The number of hydrogen-bond acceptors (Lipinski definition) is 3. The smallest absolute Gasteiger partial charge is 0.427 e. The second-order valence-electron chi connectivity index (χ2n) is 9.81. The van der Waals surface area contributed by atoms with Gasteiger partial charge < -0.3 is 14.7 Å². The molecule has 0 heterocycles.